The number of aryl methyl sites for hydroxylation is 1. The first-order valence-corrected chi connectivity index (χ1v) is 7.96. The fourth-order valence-electron chi connectivity index (χ4n) is 1.30. The second-order valence-corrected chi connectivity index (χ2v) is 6.79. The molecule has 0 spiro atoms. The van der Waals surface area contributed by atoms with Crippen molar-refractivity contribution in [2.24, 2.45) is 0 Å². The smallest absolute Gasteiger partial charge is 0.257 e. The molecule has 0 unspecified atom stereocenters. The van der Waals surface area contributed by atoms with Gasteiger partial charge in [0.25, 0.3) is 10.1 Å². The molecule has 0 saturated heterocycles. The van der Waals surface area contributed by atoms with Crippen LogP contribution < -0.4 is 0 Å². The largest absolute Gasteiger partial charge is 0.413 e. The van der Waals surface area contributed by atoms with Crippen LogP contribution in [0.3, 0.4) is 0 Å². The average molecular weight is 368 g/mol. The number of thioether (sulfide) groups is 1. The third kappa shape index (κ3) is 6.44. The highest BCUT2D eigenvalue weighted by molar-refractivity contribution is 8.00. The Morgan fingerprint density at radius 2 is 1.68 bits per heavy atom. The van der Waals surface area contributed by atoms with Crippen LogP contribution in [0.15, 0.2) is 28.0 Å². The summed E-state index contributed by atoms with van der Waals surface area (Å²) in [6.45, 7) is -0.544. The summed E-state index contributed by atoms with van der Waals surface area (Å²) >= 11 is 0.163. The van der Waals surface area contributed by atoms with Crippen LogP contribution in [0.1, 0.15) is 5.56 Å². The van der Waals surface area contributed by atoms with E-state index in [4.69, 9.17) is 0 Å². The van der Waals surface area contributed by atoms with Gasteiger partial charge in [-0.15, -0.1) is 11.8 Å². The fourth-order valence-corrected chi connectivity index (χ4v) is 3.54. The minimum Gasteiger partial charge on any atom is -0.257 e. The molecule has 1 aromatic carbocycles. The van der Waals surface area contributed by atoms with Crippen LogP contribution in [0.5, 0.6) is 0 Å². The summed E-state index contributed by atoms with van der Waals surface area (Å²) in [6.07, 6.45) is -9.43. The van der Waals surface area contributed by atoms with Crippen molar-refractivity contribution in [3.63, 3.8) is 0 Å². The summed E-state index contributed by atoms with van der Waals surface area (Å²) < 4.78 is 100. The van der Waals surface area contributed by atoms with Crippen molar-refractivity contribution >= 4 is 21.9 Å². The van der Waals surface area contributed by atoms with Crippen LogP contribution in [-0.4, -0.2) is 33.1 Å². The summed E-state index contributed by atoms with van der Waals surface area (Å²) in [5, 5.41) is 0. The molecule has 1 aromatic rings. The lowest BCUT2D eigenvalue weighted by Crippen LogP contribution is -2.21. The maximum Gasteiger partial charge on any atom is 0.413 e. The molecule has 0 amide bonds. The Hall–Kier alpha value is -0.940. The predicted octanol–water partition coefficient (Wildman–Crippen LogP) is 3.92. The second kappa shape index (κ2) is 6.67. The molecular weight excluding hydrogens is 358 g/mol. The van der Waals surface area contributed by atoms with Gasteiger partial charge in [0.15, 0.2) is 6.61 Å². The predicted molar refractivity (Wildman–Crippen MR) is 67.2 cm³/mol. The molecule has 1 rings (SSSR count). The maximum absolute atomic E-state index is 12.2. The van der Waals surface area contributed by atoms with Gasteiger partial charge in [0.05, 0.1) is 5.75 Å². The monoisotopic (exact) mass is 368 g/mol. The topological polar surface area (TPSA) is 43.4 Å². The van der Waals surface area contributed by atoms with Crippen molar-refractivity contribution in [3.05, 3.63) is 23.8 Å². The van der Waals surface area contributed by atoms with Crippen LogP contribution in [-0.2, 0) is 14.3 Å². The van der Waals surface area contributed by atoms with Gasteiger partial charge in [-0.25, -0.2) is 0 Å². The lowest BCUT2D eigenvalue weighted by molar-refractivity contribution is -0.152. The number of halogens is 6. The Labute approximate surface area is 126 Å². The van der Waals surface area contributed by atoms with Crippen molar-refractivity contribution in [3.8, 4) is 0 Å². The number of rotatable bonds is 5. The summed E-state index contributed by atoms with van der Waals surface area (Å²) in [4.78, 5) is -1.05. The van der Waals surface area contributed by atoms with E-state index in [9.17, 15) is 34.8 Å². The van der Waals surface area contributed by atoms with Crippen molar-refractivity contribution in [2.45, 2.75) is 29.1 Å². The highest BCUT2D eigenvalue weighted by Crippen LogP contribution is 2.33. The zero-order chi connectivity index (χ0) is 17.2. The van der Waals surface area contributed by atoms with Crippen LogP contribution in [0.4, 0.5) is 26.3 Å². The summed E-state index contributed by atoms with van der Waals surface area (Å²) in [6, 6.07) is 3.31. The van der Waals surface area contributed by atoms with E-state index in [-0.39, 0.29) is 16.7 Å². The van der Waals surface area contributed by atoms with E-state index in [1.807, 2.05) is 0 Å². The summed E-state index contributed by atoms with van der Waals surface area (Å²) in [5.41, 5.74) is 0.458. The van der Waals surface area contributed by atoms with E-state index in [2.05, 4.69) is 4.18 Å². The first-order valence-electron chi connectivity index (χ1n) is 5.56. The Morgan fingerprint density at radius 3 is 2.18 bits per heavy atom. The molecule has 0 heterocycles. The third-order valence-corrected chi connectivity index (χ3v) is 4.71. The van der Waals surface area contributed by atoms with Gasteiger partial charge in [0.2, 0.25) is 0 Å². The molecule has 0 radical (unpaired) electrons. The van der Waals surface area contributed by atoms with Gasteiger partial charge < -0.3 is 0 Å². The molecule has 0 aromatic heterocycles. The van der Waals surface area contributed by atoms with Crippen molar-refractivity contribution in [2.75, 3.05) is 12.4 Å². The molecule has 3 nitrogen and oxygen atoms in total. The Kier molecular flexibility index (Phi) is 5.79. The Bertz CT molecular complexity index is 622. The lowest BCUT2D eigenvalue weighted by atomic mass is 10.2. The standard InChI is InChI=1S/C11H10F6O3S2/c1-7-2-3-9(8(4-7)21-6-11(15,16)17)22(18,19)20-5-10(12,13)14/h2-4H,5-6H2,1H3. The third-order valence-electron chi connectivity index (χ3n) is 2.14. The molecule has 126 valence electrons. The molecule has 0 bridgehead atoms. The minimum absolute atomic E-state index is 0.163. The molecule has 22 heavy (non-hydrogen) atoms. The van der Waals surface area contributed by atoms with Gasteiger partial charge in [0, 0.05) is 4.90 Å². The van der Waals surface area contributed by atoms with E-state index in [0.717, 1.165) is 12.1 Å². The molecule has 0 aliphatic carbocycles. The molecule has 0 atom stereocenters. The fraction of sp³-hybridized carbons (Fsp3) is 0.455. The highest BCUT2D eigenvalue weighted by Gasteiger charge is 2.33. The molecule has 0 aliphatic heterocycles. The van der Waals surface area contributed by atoms with Crippen molar-refractivity contribution in [1.82, 2.24) is 0 Å². The van der Waals surface area contributed by atoms with Gasteiger partial charge in [0.1, 0.15) is 4.90 Å². The first-order chi connectivity index (χ1) is 9.80. The van der Waals surface area contributed by atoms with E-state index in [0.29, 0.717) is 5.56 Å². The number of hydrogen-bond acceptors (Lipinski definition) is 4. The zero-order valence-electron chi connectivity index (χ0n) is 11.0. The number of alkyl halides is 6. The van der Waals surface area contributed by atoms with Crippen molar-refractivity contribution < 1.29 is 38.9 Å². The first kappa shape index (κ1) is 19.1. The highest BCUT2D eigenvalue weighted by atomic mass is 32.2. The van der Waals surface area contributed by atoms with Crippen LogP contribution in [0.25, 0.3) is 0 Å². The van der Waals surface area contributed by atoms with Gasteiger partial charge in [-0.2, -0.15) is 34.8 Å². The molecule has 0 fully saturated rings. The quantitative estimate of drug-likeness (QED) is 0.449. The summed E-state index contributed by atoms with van der Waals surface area (Å²) in [7, 11) is -4.82. The zero-order valence-corrected chi connectivity index (χ0v) is 12.6. The van der Waals surface area contributed by atoms with E-state index < -0.39 is 39.7 Å². The normalized spacial score (nSPS) is 13.4. The Morgan fingerprint density at radius 1 is 1.09 bits per heavy atom. The van der Waals surface area contributed by atoms with Crippen LogP contribution in [0.2, 0.25) is 0 Å². The average Bonchev–Trinajstić information content (AvgIpc) is 2.32. The minimum atomic E-state index is -4.88. The van der Waals surface area contributed by atoms with Gasteiger partial charge in [-0.1, -0.05) is 6.07 Å². The van der Waals surface area contributed by atoms with Crippen LogP contribution >= 0.6 is 11.8 Å². The SMILES string of the molecule is Cc1ccc(S(=O)(=O)OCC(F)(F)F)c(SCC(F)(F)F)c1. The lowest BCUT2D eigenvalue weighted by Gasteiger charge is -2.13. The van der Waals surface area contributed by atoms with E-state index >= 15 is 0 Å². The van der Waals surface area contributed by atoms with Gasteiger partial charge in [-0.05, 0) is 24.6 Å². The summed E-state index contributed by atoms with van der Waals surface area (Å²) in [5.74, 6) is -1.38. The molecule has 0 saturated carbocycles. The van der Waals surface area contributed by atoms with E-state index in [1.54, 1.807) is 0 Å². The number of hydrogen-bond donors (Lipinski definition) is 0. The molecule has 0 N–H and O–H groups in total. The Balaban J connectivity index is 3.07. The van der Waals surface area contributed by atoms with Gasteiger partial charge in [-0.3, -0.25) is 4.18 Å². The van der Waals surface area contributed by atoms with E-state index in [1.165, 1.54) is 13.0 Å². The number of benzene rings is 1. The van der Waals surface area contributed by atoms with Crippen molar-refractivity contribution in [1.29, 1.82) is 0 Å². The van der Waals surface area contributed by atoms with Gasteiger partial charge >= 0.3 is 12.4 Å². The van der Waals surface area contributed by atoms with Crippen LogP contribution in [0, 0.1) is 6.92 Å². The molecule has 11 heteroatoms. The molecule has 0 aliphatic rings. The second-order valence-electron chi connectivity index (χ2n) is 4.19. The maximum atomic E-state index is 12.2. The molecular formula is C11H10F6O3S2.